The molecule has 0 radical (unpaired) electrons. The number of rotatable bonds is 12. The molecule has 0 aliphatic heterocycles. The number of aryl methyl sites for hydroxylation is 3. The van der Waals surface area contributed by atoms with Gasteiger partial charge in [-0.1, -0.05) is 126 Å². The molecule has 0 spiro atoms. The second kappa shape index (κ2) is 30.2. The van der Waals surface area contributed by atoms with E-state index in [0.717, 1.165) is 64.1 Å². The van der Waals surface area contributed by atoms with Crippen LogP contribution >= 0.6 is 15.9 Å². The Labute approximate surface area is 357 Å². The van der Waals surface area contributed by atoms with Crippen molar-refractivity contribution in [2.45, 2.75) is 57.8 Å². The van der Waals surface area contributed by atoms with E-state index in [0.29, 0.717) is 39.4 Å². The van der Waals surface area contributed by atoms with Gasteiger partial charge in [-0.3, -0.25) is 9.59 Å². The van der Waals surface area contributed by atoms with Gasteiger partial charge in [0.2, 0.25) is 0 Å². The van der Waals surface area contributed by atoms with Gasteiger partial charge in [0.15, 0.2) is 12.6 Å². The molecule has 3 heterocycles. The topological polar surface area (TPSA) is 105 Å². The summed E-state index contributed by atoms with van der Waals surface area (Å²) in [5.74, 6) is 14.9. The van der Waals surface area contributed by atoms with Crippen molar-refractivity contribution in [2.75, 3.05) is 0 Å². The maximum absolute atomic E-state index is 10.6. The lowest BCUT2D eigenvalue weighted by Crippen LogP contribution is -1.90. The molecule has 0 fully saturated rings. The van der Waals surface area contributed by atoms with Crippen LogP contribution in [0.5, 0.6) is 0 Å². The summed E-state index contributed by atoms with van der Waals surface area (Å²) in [6, 6.07) is 47.1. The van der Waals surface area contributed by atoms with Crippen LogP contribution in [0.4, 0.5) is 0 Å². The van der Waals surface area contributed by atoms with Gasteiger partial charge < -0.3 is 5.21 Å². The summed E-state index contributed by atoms with van der Waals surface area (Å²) >= 11 is 3.13. The number of carbonyl (C=O) groups excluding carboxylic acids is 2. The first-order valence-corrected chi connectivity index (χ1v) is 20.0. The average Bonchev–Trinajstić information content (AvgIpc) is 3.28. The largest absolute Gasteiger partial charge is 0.411 e. The Morgan fingerprint density at radius 3 is 1.34 bits per heavy atom. The molecule has 3 aromatic carbocycles. The predicted molar refractivity (Wildman–Crippen MR) is 241 cm³/mol. The number of unbranched alkanes of at least 4 members (excludes halogenated alkanes) is 3. The van der Waals surface area contributed by atoms with E-state index in [1.807, 2.05) is 36.4 Å². The maximum atomic E-state index is 10.6. The number of hydrogen-bond donors (Lipinski definition) is 1. The van der Waals surface area contributed by atoms with E-state index >= 15 is 0 Å². The minimum atomic E-state index is 0.427. The van der Waals surface area contributed by atoms with Gasteiger partial charge in [-0.25, -0.2) is 15.0 Å². The summed E-state index contributed by atoms with van der Waals surface area (Å²) < 4.78 is 0.687. The third kappa shape index (κ3) is 21.8. The number of nitrogens with zero attached hydrogens (tertiary/aromatic N) is 4. The molecule has 6 rings (SSSR count). The molecular weight excluding hydrogens is 796 g/mol. The first-order chi connectivity index (χ1) is 29.0. The average molecular weight is 844 g/mol. The summed E-state index contributed by atoms with van der Waals surface area (Å²) in [5.41, 5.74) is 6.89. The minimum absolute atomic E-state index is 0.427. The van der Waals surface area contributed by atoms with Gasteiger partial charge in [-0.15, -0.1) is 12.3 Å². The molecule has 0 saturated heterocycles. The first kappa shape index (κ1) is 46.5. The van der Waals surface area contributed by atoms with E-state index in [1.54, 1.807) is 36.4 Å². The van der Waals surface area contributed by atoms with E-state index in [4.69, 9.17) is 11.6 Å². The van der Waals surface area contributed by atoms with E-state index in [2.05, 4.69) is 138 Å². The summed E-state index contributed by atoms with van der Waals surface area (Å²) in [6.07, 6.45) is 16.8. The van der Waals surface area contributed by atoms with Crippen molar-refractivity contribution >= 4 is 34.7 Å². The molecule has 0 aliphatic carbocycles. The Balaban J connectivity index is 0.000000221. The molecule has 0 bridgehead atoms. The molecule has 7 nitrogen and oxygen atoms in total. The van der Waals surface area contributed by atoms with E-state index < -0.39 is 0 Å². The van der Waals surface area contributed by atoms with Crippen LogP contribution < -0.4 is 0 Å². The fourth-order valence-corrected chi connectivity index (χ4v) is 5.48. The fraction of sp³-hybridized carbons (Fsp3) is 0.176. The highest BCUT2D eigenvalue weighted by molar-refractivity contribution is 9.10. The number of aromatic nitrogens is 3. The summed E-state index contributed by atoms with van der Waals surface area (Å²) in [5, 5.41) is 11.4. The van der Waals surface area contributed by atoms with Crippen LogP contribution in [0.2, 0.25) is 0 Å². The van der Waals surface area contributed by atoms with Crippen LogP contribution in [-0.4, -0.2) is 38.9 Å². The van der Waals surface area contributed by atoms with Crippen molar-refractivity contribution in [2.24, 2.45) is 5.16 Å². The molecule has 6 aromatic rings. The predicted octanol–water partition coefficient (Wildman–Crippen LogP) is 10.8. The number of benzene rings is 3. The Morgan fingerprint density at radius 2 is 0.932 bits per heavy atom. The smallest absolute Gasteiger partial charge is 0.168 e. The van der Waals surface area contributed by atoms with Crippen molar-refractivity contribution in [3.05, 3.63) is 195 Å². The third-order valence-corrected chi connectivity index (χ3v) is 8.43. The summed E-state index contributed by atoms with van der Waals surface area (Å²) in [7, 11) is 0. The zero-order valence-corrected chi connectivity index (χ0v) is 34.5. The highest BCUT2D eigenvalue weighted by atomic mass is 79.9. The van der Waals surface area contributed by atoms with Gasteiger partial charge in [0.25, 0.3) is 0 Å². The van der Waals surface area contributed by atoms with E-state index in [9.17, 15) is 9.59 Å². The molecule has 59 heavy (non-hydrogen) atoms. The molecule has 1 N–H and O–H groups in total. The molecule has 8 heteroatoms. The normalized spacial score (nSPS) is 9.56. The number of hydrogen-bond acceptors (Lipinski definition) is 7. The lowest BCUT2D eigenvalue weighted by molar-refractivity contribution is 0.111. The molecular formula is C51H47BrN4O3. The van der Waals surface area contributed by atoms with Gasteiger partial charge >= 0.3 is 0 Å². The Morgan fingerprint density at radius 1 is 0.525 bits per heavy atom. The molecule has 3 aromatic heterocycles. The van der Waals surface area contributed by atoms with Crippen molar-refractivity contribution in [1.29, 1.82) is 0 Å². The van der Waals surface area contributed by atoms with Crippen LogP contribution in [0.25, 0.3) is 0 Å². The Hall–Kier alpha value is -6.92. The van der Waals surface area contributed by atoms with Gasteiger partial charge in [0.1, 0.15) is 27.4 Å². The van der Waals surface area contributed by atoms with Crippen LogP contribution in [0.1, 0.15) is 93.3 Å². The fourth-order valence-electron chi connectivity index (χ4n) is 5.12. The number of oxime groups is 1. The van der Waals surface area contributed by atoms with E-state index in [1.165, 1.54) is 22.9 Å². The summed E-state index contributed by atoms with van der Waals surface area (Å²) in [6.45, 7) is 0. The standard InChI is InChI=1S/C17H16N2O.C17H15NO.C11H12.C6H4BrNO/c20-18-14-17-13-7-12-16(19-17)11-6-2-5-10-15-8-3-1-4-9-15;19-14-17-13-7-12-16(18-17)11-6-2-5-10-15-8-3-1-4-9-15;1-2-3-5-8-11-9-6-4-7-10-11;7-6-3-1-2-5(4-9)8-6/h1,3-4,7-9,12-14,20H,2,5,10H2;1,3-4,7-9,12-14H,2,5,10H2;1,4,6-7,9-10H,3,5,8H2;1-4H/b18-14-;;;. The van der Waals surface area contributed by atoms with Gasteiger partial charge in [0, 0.05) is 19.3 Å². The van der Waals surface area contributed by atoms with Crippen LogP contribution in [-0.2, 0) is 19.3 Å². The van der Waals surface area contributed by atoms with Crippen molar-refractivity contribution < 1.29 is 14.8 Å². The number of terminal acetylenes is 1. The maximum Gasteiger partial charge on any atom is 0.168 e. The van der Waals surface area contributed by atoms with Crippen molar-refractivity contribution in [3.63, 3.8) is 0 Å². The molecule has 0 aliphatic rings. The number of aldehydes is 2. The lowest BCUT2D eigenvalue weighted by atomic mass is 10.1. The van der Waals surface area contributed by atoms with Crippen LogP contribution in [0.3, 0.4) is 0 Å². The molecule has 0 atom stereocenters. The number of halogens is 1. The van der Waals surface area contributed by atoms with Gasteiger partial charge in [-0.2, -0.15) is 0 Å². The van der Waals surface area contributed by atoms with Crippen molar-refractivity contribution in [1.82, 2.24) is 15.0 Å². The highest BCUT2D eigenvalue weighted by Crippen LogP contribution is 2.07. The summed E-state index contributed by atoms with van der Waals surface area (Å²) in [4.78, 5) is 32.8. The SMILES string of the molecule is C#CCCCc1ccccc1.O/N=C\c1cccc(C#CCCCc2ccccc2)n1.O=Cc1cccc(Br)n1.O=Cc1cccc(C#CCCCc2ccccc2)n1. The van der Waals surface area contributed by atoms with Crippen LogP contribution in [0, 0.1) is 36.0 Å². The van der Waals surface area contributed by atoms with Crippen molar-refractivity contribution in [3.8, 4) is 36.0 Å². The van der Waals surface area contributed by atoms with Crippen LogP contribution in [0.15, 0.2) is 155 Å². The minimum Gasteiger partial charge on any atom is -0.411 e. The van der Waals surface area contributed by atoms with E-state index in [-0.39, 0.29) is 0 Å². The van der Waals surface area contributed by atoms with Gasteiger partial charge in [-0.05, 0) is 119 Å². The number of carbonyl (C=O) groups is 2. The second-order valence-corrected chi connectivity index (χ2v) is 13.4. The zero-order chi connectivity index (χ0) is 42.0. The Bertz CT molecular complexity index is 2300. The molecule has 0 unspecified atom stereocenters. The highest BCUT2D eigenvalue weighted by Gasteiger charge is 1.95. The van der Waals surface area contributed by atoms with Gasteiger partial charge in [0.05, 0.1) is 11.9 Å². The third-order valence-electron chi connectivity index (χ3n) is 7.99. The Kier molecular flexibility index (Phi) is 23.8. The monoisotopic (exact) mass is 842 g/mol. The zero-order valence-electron chi connectivity index (χ0n) is 33.0. The lowest BCUT2D eigenvalue weighted by Gasteiger charge is -1.97. The quantitative estimate of drug-likeness (QED) is 0.0250. The number of pyridine rings is 3. The molecule has 0 saturated carbocycles. The first-order valence-electron chi connectivity index (χ1n) is 19.2. The molecule has 296 valence electrons. The second-order valence-electron chi connectivity index (χ2n) is 12.6. The molecule has 0 amide bonds.